The average molecular weight is 174 g/mol. The maximum atomic E-state index is 11.3. The van der Waals surface area contributed by atoms with Crippen LogP contribution >= 0.6 is 0 Å². The number of carbonyl (C=O) groups is 1. The van der Waals surface area contributed by atoms with Crippen molar-refractivity contribution in [3.63, 3.8) is 0 Å². The fourth-order valence-electron chi connectivity index (χ4n) is 0.490. The van der Waals surface area contributed by atoms with Crippen molar-refractivity contribution in [1.29, 1.82) is 0 Å². The summed E-state index contributed by atoms with van der Waals surface area (Å²) in [6, 6.07) is 0. The van der Waals surface area contributed by atoms with Crippen molar-refractivity contribution in [3.05, 3.63) is 0 Å². The van der Waals surface area contributed by atoms with E-state index >= 15 is 0 Å². The van der Waals surface area contributed by atoms with Crippen molar-refractivity contribution in [3.8, 4) is 0 Å². The van der Waals surface area contributed by atoms with Crippen molar-refractivity contribution >= 4 is 5.97 Å². The maximum Gasteiger partial charge on any atom is 0.314 e. The molecule has 72 valence electrons. The molecular weight excluding hydrogens is 156 g/mol. The molecule has 0 bridgehead atoms. The molecule has 0 radical (unpaired) electrons. The van der Waals surface area contributed by atoms with Crippen LogP contribution in [0.3, 0.4) is 0 Å². The smallest absolute Gasteiger partial charge is 0.314 e. The maximum absolute atomic E-state index is 11.3. The van der Waals surface area contributed by atoms with Gasteiger partial charge in [0.25, 0.3) is 0 Å². The lowest BCUT2D eigenvalue weighted by Crippen LogP contribution is -2.32. The Balaban J connectivity index is 4.03. The van der Waals surface area contributed by atoms with Gasteiger partial charge < -0.3 is 9.84 Å². The molecule has 0 rings (SSSR count). The minimum atomic E-state index is -0.774. The minimum absolute atomic E-state index is 0.0664. The average Bonchev–Trinajstić information content (AvgIpc) is 2.04. The standard InChI is InChI=1S/C9H18O3/c1-5-7(2)12-8(11)9(3,4)6-10/h7,10H,5-6H2,1-4H3. The molecule has 0 heterocycles. The summed E-state index contributed by atoms with van der Waals surface area (Å²) in [6.07, 6.45) is 0.732. The summed E-state index contributed by atoms with van der Waals surface area (Å²) in [7, 11) is 0. The Labute approximate surface area is 73.7 Å². The third kappa shape index (κ3) is 3.22. The molecule has 0 amide bonds. The molecule has 0 saturated carbocycles. The monoisotopic (exact) mass is 174 g/mol. The van der Waals surface area contributed by atoms with Crippen molar-refractivity contribution < 1.29 is 14.6 Å². The van der Waals surface area contributed by atoms with Gasteiger partial charge >= 0.3 is 5.97 Å². The molecule has 3 heteroatoms. The highest BCUT2D eigenvalue weighted by molar-refractivity contribution is 5.76. The largest absolute Gasteiger partial charge is 0.462 e. The summed E-state index contributed by atoms with van der Waals surface area (Å²) < 4.78 is 5.06. The Kier molecular flexibility index (Phi) is 4.24. The molecule has 0 aromatic heterocycles. The Hall–Kier alpha value is -0.570. The molecule has 0 aromatic carbocycles. The van der Waals surface area contributed by atoms with Gasteiger partial charge in [0, 0.05) is 0 Å². The number of carbonyl (C=O) groups excluding carboxylic acids is 1. The van der Waals surface area contributed by atoms with Gasteiger partial charge in [-0.2, -0.15) is 0 Å². The number of ether oxygens (including phenoxy) is 1. The van der Waals surface area contributed by atoms with Crippen LogP contribution in [-0.2, 0) is 9.53 Å². The van der Waals surface area contributed by atoms with E-state index < -0.39 is 5.41 Å². The van der Waals surface area contributed by atoms with Gasteiger partial charge in [-0.1, -0.05) is 6.92 Å². The number of rotatable bonds is 4. The fourth-order valence-corrected chi connectivity index (χ4v) is 0.490. The molecule has 3 nitrogen and oxygen atoms in total. The fraction of sp³-hybridized carbons (Fsp3) is 0.889. The Bertz CT molecular complexity index is 152. The van der Waals surface area contributed by atoms with Crippen LogP contribution < -0.4 is 0 Å². The zero-order chi connectivity index (χ0) is 9.78. The number of hydrogen-bond acceptors (Lipinski definition) is 3. The highest BCUT2D eigenvalue weighted by Crippen LogP contribution is 2.17. The second-order valence-electron chi connectivity index (χ2n) is 3.67. The molecule has 12 heavy (non-hydrogen) atoms. The van der Waals surface area contributed by atoms with E-state index in [2.05, 4.69) is 0 Å². The van der Waals surface area contributed by atoms with Crippen LogP contribution in [-0.4, -0.2) is 23.8 Å². The van der Waals surface area contributed by atoms with Crippen LogP contribution in [0.25, 0.3) is 0 Å². The van der Waals surface area contributed by atoms with Gasteiger partial charge in [-0.05, 0) is 27.2 Å². The zero-order valence-electron chi connectivity index (χ0n) is 8.26. The van der Waals surface area contributed by atoms with Crippen LogP contribution in [0.5, 0.6) is 0 Å². The number of esters is 1. The molecule has 0 aromatic rings. The molecule has 1 unspecified atom stereocenters. The normalized spacial score (nSPS) is 14.1. The third-order valence-corrected chi connectivity index (χ3v) is 1.83. The first-order valence-electron chi connectivity index (χ1n) is 4.26. The topological polar surface area (TPSA) is 46.5 Å². The van der Waals surface area contributed by atoms with Gasteiger partial charge in [0.1, 0.15) is 0 Å². The van der Waals surface area contributed by atoms with Gasteiger partial charge in [0.15, 0.2) is 0 Å². The SMILES string of the molecule is CCC(C)OC(=O)C(C)(C)CO. The number of hydrogen-bond donors (Lipinski definition) is 1. The molecule has 0 aliphatic rings. The molecule has 0 saturated heterocycles. The van der Waals surface area contributed by atoms with E-state index in [9.17, 15) is 4.79 Å². The van der Waals surface area contributed by atoms with E-state index in [1.54, 1.807) is 13.8 Å². The van der Waals surface area contributed by atoms with E-state index in [0.29, 0.717) is 0 Å². The molecule has 0 spiro atoms. The van der Waals surface area contributed by atoms with Crippen LogP contribution in [0.4, 0.5) is 0 Å². The van der Waals surface area contributed by atoms with Gasteiger partial charge in [-0.3, -0.25) is 4.79 Å². The van der Waals surface area contributed by atoms with E-state index in [1.807, 2.05) is 13.8 Å². The van der Waals surface area contributed by atoms with Crippen molar-refractivity contribution in [2.45, 2.75) is 40.2 Å². The minimum Gasteiger partial charge on any atom is -0.462 e. The highest BCUT2D eigenvalue weighted by atomic mass is 16.5. The first-order valence-corrected chi connectivity index (χ1v) is 4.26. The van der Waals surface area contributed by atoms with Gasteiger partial charge in [0.05, 0.1) is 18.1 Å². The van der Waals surface area contributed by atoms with E-state index in [-0.39, 0.29) is 18.7 Å². The van der Waals surface area contributed by atoms with E-state index in [4.69, 9.17) is 9.84 Å². The molecule has 0 fully saturated rings. The van der Waals surface area contributed by atoms with Crippen molar-refractivity contribution in [2.75, 3.05) is 6.61 Å². The van der Waals surface area contributed by atoms with Gasteiger partial charge in [0.2, 0.25) is 0 Å². The molecule has 1 N–H and O–H groups in total. The Morgan fingerprint density at radius 2 is 2.08 bits per heavy atom. The van der Waals surface area contributed by atoms with Crippen LogP contribution in [0.2, 0.25) is 0 Å². The molecule has 0 aliphatic carbocycles. The molecule has 1 atom stereocenters. The molecular formula is C9H18O3. The lowest BCUT2D eigenvalue weighted by molar-refractivity contribution is -0.161. The van der Waals surface area contributed by atoms with Gasteiger partial charge in [-0.25, -0.2) is 0 Å². The summed E-state index contributed by atoms with van der Waals surface area (Å²) in [5, 5.41) is 8.85. The van der Waals surface area contributed by atoms with Crippen LogP contribution in [0, 0.1) is 5.41 Å². The summed E-state index contributed by atoms with van der Waals surface area (Å²) in [4.78, 5) is 11.3. The quantitative estimate of drug-likeness (QED) is 0.654. The van der Waals surface area contributed by atoms with Crippen LogP contribution in [0.15, 0.2) is 0 Å². The number of aliphatic hydroxyl groups excluding tert-OH is 1. The van der Waals surface area contributed by atoms with Crippen LogP contribution in [0.1, 0.15) is 34.1 Å². The van der Waals surface area contributed by atoms with E-state index in [1.165, 1.54) is 0 Å². The lowest BCUT2D eigenvalue weighted by atomic mass is 9.95. The summed E-state index contributed by atoms with van der Waals surface area (Å²) in [6.45, 7) is 6.94. The number of aliphatic hydroxyl groups is 1. The lowest BCUT2D eigenvalue weighted by Gasteiger charge is -2.22. The highest BCUT2D eigenvalue weighted by Gasteiger charge is 2.29. The summed E-state index contributed by atoms with van der Waals surface area (Å²) in [5.74, 6) is -0.334. The van der Waals surface area contributed by atoms with Crippen molar-refractivity contribution in [1.82, 2.24) is 0 Å². The summed E-state index contributed by atoms with van der Waals surface area (Å²) >= 11 is 0. The first kappa shape index (κ1) is 11.4. The Morgan fingerprint density at radius 1 is 1.58 bits per heavy atom. The van der Waals surface area contributed by atoms with E-state index in [0.717, 1.165) is 6.42 Å². The third-order valence-electron chi connectivity index (χ3n) is 1.83. The van der Waals surface area contributed by atoms with Gasteiger partial charge in [-0.15, -0.1) is 0 Å². The zero-order valence-corrected chi connectivity index (χ0v) is 8.26. The predicted molar refractivity (Wildman–Crippen MR) is 46.7 cm³/mol. The Morgan fingerprint density at radius 3 is 2.42 bits per heavy atom. The summed E-state index contributed by atoms with van der Waals surface area (Å²) in [5.41, 5.74) is -0.774. The first-order chi connectivity index (χ1) is 5.44. The second kappa shape index (κ2) is 4.45. The molecule has 0 aliphatic heterocycles. The predicted octanol–water partition coefficient (Wildman–Crippen LogP) is 1.35. The second-order valence-corrected chi connectivity index (χ2v) is 3.67. The van der Waals surface area contributed by atoms with Crippen molar-refractivity contribution in [2.24, 2.45) is 5.41 Å².